The molecule has 0 spiro atoms. The number of allylic oxidation sites excluding steroid dienone is 2. The molecule has 0 amide bonds. The summed E-state index contributed by atoms with van der Waals surface area (Å²) in [7, 11) is 0. The summed E-state index contributed by atoms with van der Waals surface area (Å²) in [5.41, 5.74) is 3.05. The molecule has 30 heavy (non-hydrogen) atoms. The number of hydrogen-bond donors (Lipinski definition) is 1. The van der Waals surface area contributed by atoms with Gasteiger partial charge in [-0.05, 0) is 42.5 Å². The quantitative estimate of drug-likeness (QED) is 0.291. The van der Waals surface area contributed by atoms with Gasteiger partial charge in [0, 0.05) is 46.8 Å². The molecule has 8 heteroatoms. The number of anilines is 1. The Bertz CT molecular complexity index is 1270. The Hall–Kier alpha value is -3.81. The average Bonchev–Trinajstić information content (AvgIpc) is 3.26. The first-order valence-electron chi connectivity index (χ1n) is 8.99. The third-order valence-electron chi connectivity index (χ3n) is 4.51. The Kier molecular flexibility index (Phi) is 5.38. The van der Waals surface area contributed by atoms with Crippen LogP contribution in [0.3, 0.4) is 0 Å². The minimum Gasteiger partial charge on any atom is -0.289 e. The number of nitrogens with zero attached hydrogens (tertiary/aromatic N) is 5. The molecule has 0 fully saturated rings. The standard InChI is InChI=1S/C22H17ClN6O/c1-15(22(30)8-13-28(24)17-4-9-25-10-5-17)20-7-12-27-29(20)21-6-11-26-19-14-16(23)2-3-18(19)21/h2-14H,1,24H2/b13-8-. The molecule has 4 rings (SSSR count). The summed E-state index contributed by atoms with van der Waals surface area (Å²) in [5.74, 6) is 5.67. The van der Waals surface area contributed by atoms with Crippen LogP contribution in [0, 0.1) is 0 Å². The van der Waals surface area contributed by atoms with E-state index >= 15 is 0 Å². The molecule has 0 aliphatic rings. The maximum absolute atomic E-state index is 12.7. The third-order valence-corrected chi connectivity index (χ3v) is 4.74. The molecule has 3 aromatic heterocycles. The Labute approximate surface area is 177 Å². The van der Waals surface area contributed by atoms with Crippen molar-refractivity contribution in [1.82, 2.24) is 19.7 Å². The fourth-order valence-electron chi connectivity index (χ4n) is 2.99. The molecule has 0 atom stereocenters. The van der Waals surface area contributed by atoms with Crippen LogP contribution in [0.4, 0.5) is 5.69 Å². The van der Waals surface area contributed by atoms with E-state index in [4.69, 9.17) is 17.4 Å². The second-order valence-corrected chi connectivity index (χ2v) is 6.83. The minimum absolute atomic E-state index is 0.283. The fourth-order valence-corrected chi connectivity index (χ4v) is 3.16. The molecular formula is C22H17ClN6O. The van der Waals surface area contributed by atoms with Crippen molar-refractivity contribution >= 4 is 39.5 Å². The van der Waals surface area contributed by atoms with E-state index in [1.807, 2.05) is 12.1 Å². The number of aromatic nitrogens is 4. The molecular weight excluding hydrogens is 400 g/mol. The summed E-state index contributed by atoms with van der Waals surface area (Å²) in [5, 5.41) is 7.17. The molecule has 148 valence electrons. The largest absolute Gasteiger partial charge is 0.289 e. The first-order valence-corrected chi connectivity index (χ1v) is 9.37. The summed E-state index contributed by atoms with van der Waals surface area (Å²) in [6, 6.07) is 12.5. The number of carbonyl (C=O) groups excluding carboxylic acids is 1. The molecule has 0 bridgehead atoms. The van der Waals surface area contributed by atoms with Gasteiger partial charge in [0.15, 0.2) is 5.78 Å². The Balaban J connectivity index is 1.63. The Morgan fingerprint density at radius 1 is 1.10 bits per heavy atom. The van der Waals surface area contributed by atoms with Gasteiger partial charge in [-0.1, -0.05) is 18.2 Å². The Morgan fingerprint density at radius 3 is 2.70 bits per heavy atom. The van der Waals surface area contributed by atoms with E-state index in [2.05, 4.69) is 21.6 Å². The number of carbonyl (C=O) groups is 1. The predicted molar refractivity (Wildman–Crippen MR) is 118 cm³/mol. The second-order valence-electron chi connectivity index (χ2n) is 6.39. The van der Waals surface area contributed by atoms with Crippen LogP contribution in [0.5, 0.6) is 0 Å². The van der Waals surface area contributed by atoms with Crippen molar-refractivity contribution in [2.75, 3.05) is 5.01 Å². The molecule has 0 radical (unpaired) electrons. The average molecular weight is 417 g/mol. The highest BCUT2D eigenvalue weighted by atomic mass is 35.5. The number of hydrazine groups is 1. The number of rotatable bonds is 6. The first kappa shape index (κ1) is 19.5. The molecule has 0 unspecified atom stereocenters. The van der Waals surface area contributed by atoms with Gasteiger partial charge >= 0.3 is 0 Å². The van der Waals surface area contributed by atoms with Crippen LogP contribution < -0.4 is 10.9 Å². The summed E-state index contributed by atoms with van der Waals surface area (Å²) in [4.78, 5) is 21.0. The van der Waals surface area contributed by atoms with Gasteiger partial charge in [0.05, 0.1) is 28.8 Å². The van der Waals surface area contributed by atoms with E-state index in [0.717, 1.165) is 16.6 Å². The van der Waals surface area contributed by atoms with E-state index in [-0.39, 0.29) is 11.4 Å². The zero-order valence-electron chi connectivity index (χ0n) is 15.8. The van der Waals surface area contributed by atoms with Crippen molar-refractivity contribution in [3.63, 3.8) is 0 Å². The van der Waals surface area contributed by atoms with Gasteiger partial charge in [-0.3, -0.25) is 19.8 Å². The molecule has 0 aliphatic carbocycles. The summed E-state index contributed by atoms with van der Waals surface area (Å²) in [6.45, 7) is 3.96. The summed E-state index contributed by atoms with van der Waals surface area (Å²) in [6.07, 6.45) is 9.37. The lowest BCUT2D eigenvalue weighted by Crippen LogP contribution is -2.24. The molecule has 0 aliphatic heterocycles. The van der Waals surface area contributed by atoms with Crippen molar-refractivity contribution in [2.24, 2.45) is 5.84 Å². The second kappa shape index (κ2) is 8.28. The summed E-state index contributed by atoms with van der Waals surface area (Å²) >= 11 is 6.08. The maximum atomic E-state index is 12.7. The van der Waals surface area contributed by atoms with Crippen molar-refractivity contribution in [3.8, 4) is 5.69 Å². The molecule has 1 aromatic carbocycles. The monoisotopic (exact) mass is 416 g/mol. The van der Waals surface area contributed by atoms with E-state index in [1.54, 1.807) is 59.8 Å². The zero-order chi connectivity index (χ0) is 21.1. The van der Waals surface area contributed by atoms with Gasteiger partial charge in [0.1, 0.15) is 0 Å². The highest BCUT2D eigenvalue weighted by Crippen LogP contribution is 2.26. The lowest BCUT2D eigenvalue weighted by molar-refractivity contribution is -0.109. The van der Waals surface area contributed by atoms with E-state index in [0.29, 0.717) is 16.4 Å². The normalized spacial score (nSPS) is 11.1. The lowest BCUT2D eigenvalue weighted by Gasteiger charge is -2.13. The van der Waals surface area contributed by atoms with Crippen LogP contribution in [-0.2, 0) is 4.79 Å². The lowest BCUT2D eigenvalue weighted by atomic mass is 10.1. The van der Waals surface area contributed by atoms with Crippen LogP contribution in [0.15, 0.2) is 86.1 Å². The molecule has 4 aromatic rings. The number of pyridine rings is 2. The number of halogens is 1. The van der Waals surface area contributed by atoms with E-state index in [1.165, 1.54) is 17.3 Å². The van der Waals surface area contributed by atoms with Crippen LogP contribution in [0.1, 0.15) is 5.69 Å². The summed E-state index contributed by atoms with van der Waals surface area (Å²) < 4.78 is 1.66. The fraction of sp³-hybridized carbons (Fsp3) is 0. The maximum Gasteiger partial charge on any atom is 0.188 e. The third kappa shape index (κ3) is 3.84. The van der Waals surface area contributed by atoms with Gasteiger partial charge in [-0.15, -0.1) is 0 Å². The molecule has 7 nitrogen and oxygen atoms in total. The van der Waals surface area contributed by atoms with Gasteiger partial charge in [-0.25, -0.2) is 10.5 Å². The molecule has 0 saturated heterocycles. The molecule has 0 saturated carbocycles. The minimum atomic E-state index is -0.289. The first-order chi connectivity index (χ1) is 14.5. The van der Waals surface area contributed by atoms with E-state index in [9.17, 15) is 4.79 Å². The number of fused-ring (bicyclic) bond motifs is 1. The van der Waals surface area contributed by atoms with Gasteiger partial charge in [0.25, 0.3) is 0 Å². The van der Waals surface area contributed by atoms with Crippen LogP contribution in [0.25, 0.3) is 22.2 Å². The number of benzene rings is 1. The van der Waals surface area contributed by atoms with Crippen LogP contribution >= 0.6 is 11.6 Å². The number of nitrogens with two attached hydrogens (primary N) is 1. The Morgan fingerprint density at radius 2 is 1.90 bits per heavy atom. The number of hydrogen-bond acceptors (Lipinski definition) is 6. The topological polar surface area (TPSA) is 89.9 Å². The van der Waals surface area contributed by atoms with Gasteiger partial charge in [0.2, 0.25) is 0 Å². The van der Waals surface area contributed by atoms with E-state index < -0.39 is 0 Å². The van der Waals surface area contributed by atoms with Crippen molar-refractivity contribution in [1.29, 1.82) is 0 Å². The highest BCUT2D eigenvalue weighted by Gasteiger charge is 2.15. The smallest absolute Gasteiger partial charge is 0.188 e. The molecule has 2 N–H and O–H groups in total. The van der Waals surface area contributed by atoms with Crippen molar-refractivity contribution in [2.45, 2.75) is 0 Å². The van der Waals surface area contributed by atoms with Gasteiger partial charge < -0.3 is 0 Å². The van der Waals surface area contributed by atoms with Crippen LogP contribution in [0.2, 0.25) is 5.02 Å². The van der Waals surface area contributed by atoms with Gasteiger partial charge in [-0.2, -0.15) is 5.10 Å². The molecule has 3 heterocycles. The van der Waals surface area contributed by atoms with Crippen molar-refractivity contribution in [3.05, 3.63) is 96.8 Å². The highest BCUT2D eigenvalue weighted by molar-refractivity contribution is 6.31. The zero-order valence-corrected chi connectivity index (χ0v) is 16.6. The van der Waals surface area contributed by atoms with Crippen LogP contribution in [-0.4, -0.2) is 25.5 Å². The number of ketones is 1. The predicted octanol–water partition coefficient (Wildman–Crippen LogP) is 3.95. The van der Waals surface area contributed by atoms with Crippen molar-refractivity contribution < 1.29 is 4.79 Å². The SMILES string of the molecule is C=C(C(=O)/C=C\N(N)c1ccncc1)c1ccnn1-c1ccnc2cc(Cl)ccc12.